The summed E-state index contributed by atoms with van der Waals surface area (Å²) in [4.78, 5) is 17.4. The molecule has 2 aromatic heterocycles. The minimum absolute atomic E-state index is 0.321. The molecule has 0 bridgehead atoms. The highest BCUT2D eigenvalue weighted by molar-refractivity contribution is 7.22. The molecular weight excluding hydrogens is 370 g/mol. The molecule has 0 aliphatic heterocycles. The van der Waals surface area contributed by atoms with Gasteiger partial charge in [0.2, 0.25) is 0 Å². The second-order valence-corrected chi connectivity index (χ2v) is 7.15. The van der Waals surface area contributed by atoms with E-state index >= 15 is 0 Å². The molecule has 1 amide bonds. The van der Waals surface area contributed by atoms with Crippen LogP contribution >= 0.6 is 11.3 Å². The number of fused-ring (bicyclic) bond motifs is 1. The summed E-state index contributed by atoms with van der Waals surface area (Å²) in [6, 6.07) is 18.4. The topological polar surface area (TPSA) is 118 Å². The van der Waals surface area contributed by atoms with E-state index in [2.05, 4.69) is 22.4 Å². The fraction of sp³-hybridized carbons (Fsp3) is 0. The number of aromatic nitrogens is 1. The van der Waals surface area contributed by atoms with E-state index in [-0.39, 0.29) is 5.91 Å². The zero-order valence-corrected chi connectivity index (χ0v) is 15.4. The van der Waals surface area contributed by atoms with Crippen molar-refractivity contribution in [1.29, 1.82) is 5.41 Å². The molecule has 6 N–H and O–H groups in total. The molecule has 4 rings (SSSR count). The van der Waals surface area contributed by atoms with Crippen molar-refractivity contribution in [3.8, 4) is 10.4 Å². The van der Waals surface area contributed by atoms with Crippen LogP contribution in [0.15, 0.2) is 48.7 Å². The molecule has 0 saturated heterocycles. The van der Waals surface area contributed by atoms with E-state index < -0.39 is 0 Å². The number of hydrogen-bond donors (Lipinski definition) is 4. The molecule has 136 valence electrons. The van der Waals surface area contributed by atoms with Crippen LogP contribution in [0.2, 0.25) is 0 Å². The maximum atomic E-state index is 12.5. The predicted octanol–water partition coefficient (Wildman–Crippen LogP) is 3.98. The van der Waals surface area contributed by atoms with Crippen LogP contribution in [0.1, 0.15) is 15.9 Å². The Balaban J connectivity index is 1.74. The van der Waals surface area contributed by atoms with Crippen molar-refractivity contribution in [3.63, 3.8) is 0 Å². The van der Waals surface area contributed by atoms with E-state index in [1.165, 1.54) is 23.7 Å². The number of nitrogens with two attached hydrogens (primary N) is 2. The number of pyridine rings is 1. The van der Waals surface area contributed by atoms with Gasteiger partial charge in [0.15, 0.2) is 0 Å². The summed E-state index contributed by atoms with van der Waals surface area (Å²) in [5.41, 5.74) is 14.5. The molecule has 0 aliphatic rings. The van der Waals surface area contributed by atoms with Gasteiger partial charge < -0.3 is 22.2 Å². The Hall–Kier alpha value is -3.89. The standard InChI is InChI=1S/C21H15N5OS/c22-10-14-7-15(26-21(27)13-5-6-19(23)25-11-13)9-16(20(14)24)18-8-12-3-1-2-4-17(12)28-18/h1,3,5-11,22H,24H2,(H2,23,25)(H,26,27). The van der Waals surface area contributed by atoms with Crippen LogP contribution in [0.4, 0.5) is 17.2 Å². The zero-order chi connectivity index (χ0) is 19.7. The molecule has 0 fully saturated rings. The number of amides is 1. The van der Waals surface area contributed by atoms with Gasteiger partial charge in [-0.15, -0.1) is 11.3 Å². The van der Waals surface area contributed by atoms with E-state index in [0.29, 0.717) is 28.3 Å². The van der Waals surface area contributed by atoms with Crippen LogP contribution in [-0.4, -0.2) is 17.1 Å². The summed E-state index contributed by atoms with van der Waals surface area (Å²) < 4.78 is 0.968. The molecule has 0 aliphatic carbocycles. The number of hydrogen-bond acceptors (Lipinski definition) is 6. The molecule has 7 heteroatoms. The Morgan fingerprint density at radius 2 is 2.07 bits per heavy atom. The van der Waals surface area contributed by atoms with Crippen LogP contribution in [0, 0.1) is 17.5 Å². The lowest BCUT2D eigenvalue weighted by atomic mass is 10.0. The first-order chi connectivity index (χ1) is 13.5. The van der Waals surface area contributed by atoms with Crippen LogP contribution in [0.5, 0.6) is 0 Å². The van der Waals surface area contributed by atoms with E-state index in [9.17, 15) is 4.79 Å². The number of thiophene rings is 1. The van der Waals surface area contributed by atoms with Gasteiger partial charge in [0.05, 0.1) is 10.3 Å². The van der Waals surface area contributed by atoms with Gasteiger partial charge >= 0.3 is 0 Å². The number of anilines is 3. The number of nitrogens with zero attached hydrogens (tertiary/aromatic N) is 1. The van der Waals surface area contributed by atoms with Gasteiger partial charge in [0.25, 0.3) is 5.91 Å². The number of carbonyl (C=O) groups excluding carboxylic acids is 1. The number of benzene rings is 1. The maximum absolute atomic E-state index is 12.5. The second-order valence-electron chi connectivity index (χ2n) is 6.09. The molecule has 0 saturated carbocycles. The van der Waals surface area contributed by atoms with Crippen LogP contribution in [0.3, 0.4) is 0 Å². The Morgan fingerprint density at radius 3 is 2.79 bits per heavy atom. The molecule has 0 radical (unpaired) electrons. The predicted molar refractivity (Wildman–Crippen MR) is 114 cm³/mol. The minimum atomic E-state index is -0.321. The first-order valence-electron chi connectivity index (χ1n) is 8.34. The molecule has 4 aromatic rings. The van der Waals surface area contributed by atoms with Crippen molar-refractivity contribution in [2.75, 3.05) is 16.8 Å². The Labute approximate surface area is 165 Å². The van der Waals surface area contributed by atoms with Crippen LogP contribution in [0.25, 0.3) is 20.5 Å². The van der Waals surface area contributed by atoms with Gasteiger partial charge in [-0.05, 0) is 42.5 Å². The molecule has 0 unspecified atom stereocenters. The first kappa shape index (κ1) is 17.5. The van der Waals surface area contributed by atoms with Crippen molar-refractivity contribution in [2.24, 2.45) is 0 Å². The van der Waals surface area contributed by atoms with Gasteiger partial charge in [-0.2, -0.15) is 0 Å². The van der Waals surface area contributed by atoms with E-state index in [1.807, 2.05) is 18.2 Å². The summed E-state index contributed by atoms with van der Waals surface area (Å²) >= 11 is 1.53. The fourth-order valence-corrected chi connectivity index (χ4v) is 3.85. The molecular formula is C21H15N5OS. The number of rotatable bonds is 4. The highest BCUT2D eigenvalue weighted by atomic mass is 32.1. The van der Waals surface area contributed by atoms with Crippen LogP contribution < -0.4 is 16.8 Å². The molecule has 0 spiro atoms. The largest absolute Gasteiger partial charge is 0.398 e. The number of nitrogen functional groups attached to an aromatic ring is 2. The second kappa shape index (κ2) is 7.02. The Bertz CT molecular complexity index is 1160. The summed E-state index contributed by atoms with van der Waals surface area (Å²) in [7, 11) is 0. The van der Waals surface area contributed by atoms with Gasteiger partial charge in [0, 0.05) is 45.2 Å². The highest BCUT2D eigenvalue weighted by Crippen LogP contribution is 2.38. The van der Waals surface area contributed by atoms with E-state index in [0.717, 1.165) is 20.5 Å². The average molecular weight is 385 g/mol. The molecule has 0 atom stereocenters. The molecule has 2 aromatic carbocycles. The first-order valence-corrected chi connectivity index (χ1v) is 9.16. The van der Waals surface area contributed by atoms with Gasteiger partial charge in [0.1, 0.15) is 5.82 Å². The summed E-state index contributed by atoms with van der Waals surface area (Å²) in [5, 5.41) is 11.5. The number of carbonyl (C=O) groups is 1. The van der Waals surface area contributed by atoms with Crippen molar-refractivity contribution < 1.29 is 4.79 Å². The van der Waals surface area contributed by atoms with Crippen molar-refractivity contribution in [1.82, 2.24) is 4.98 Å². The highest BCUT2D eigenvalue weighted by Gasteiger charge is 2.14. The summed E-state index contributed by atoms with van der Waals surface area (Å²) in [6.07, 6.45) is 2.59. The van der Waals surface area contributed by atoms with Crippen molar-refractivity contribution in [3.05, 3.63) is 71.9 Å². The molecule has 2 heterocycles. The number of nitrogens with one attached hydrogen (secondary N) is 2. The van der Waals surface area contributed by atoms with Gasteiger partial charge in [-0.1, -0.05) is 12.1 Å². The smallest absolute Gasteiger partial charge is 0.257 e. The van der Waals surface area contributed by atoms with Crippen LogP contribution in [-0.2, 0) is 0 Å². The Kier molecular flexibility index (Phi) is 4.39. The molecule has 28 heavy (non-hydrogen) atoms. The normalized spacial score (nSPS) is 10.4. The summed E-state index contributed by atoms with van der Waals surface area (Å²) in [5.74, 6) is 0.0228. The SMILES string of the molecule is N=Cc1cc(NC(=O)c2ccc(N)nc2)cc(-c2cc3ccc#cc3s2)c1N. The maximum Gasteiger partial charge on any atom is 0.257 e. The van der Waals surface area contributed by atoms with Crippen molar-refractivity contribution in [2.45, 2.75) is 0 Å². The quantitative estimate of drug-likeness (QED) is 0.314. The fourth-order valence-electron chi connectivity index (χ4n) is 2.81. The third-order valence-corrected chi connectivity index (χ3v) is 5.33. The third-order valence-electron chi connectivity index (χ3n) is 4.23. The van der Waals surface area contributed by atoms with Gasteiger partial charge in [-0.3, -0.25) is 4.79 Å². The average Bonchev–Trinajstić information content (AvgIpc) is 3.13. The van der Waals surface area contributed by atoms with E-state index in [4.69, 9.17) is 16.9 Å². The zero-order valence-electron chi connectivity index (χ0n) is 14.6. The third kappa shape index (κ3) is 3.24. The van der Waals surface area contributed by atoms with Crippen molar-refractivity contribution >= 4 is 50.7 Å². The lowest BCUT2D eigenvalue weighted by Gasteiger charge is -2.12. The van der Waals surface area contributed by atoms with Gasteiger partial charge in [-0.25, -0.2) is 4.98 Å². The molecule has 6 nitrogen and oxygen atoms in total. The van der Waals surface area contributed by atoms with E-state index in [1.54, 1.807) is 24.3 Å². The lowest BCUT2D eigenvalue weighted by Crippen LogP contribution is -2.13. The monoisotopic (exact) mass is 385 g/mol. The lowest BCUT2D eigenvalue weighted by molar-refractivity contribution is 0.102. The summed E-state index contributed by atoms with van der Waals surface area (Å²) in [6.45, 7) is 0. The minimum Gasteiger partial charge on any atom is -0.398 e. The Morgan fingerprint density at radius 1 is 1.21 bits per heavy atom.